The largest absolute Gasteiger partial charge is 0.378 e. The number of aryl methyl sites for hydroxylation is 2. The number of amides is 2. The van der Waals surface area contributed by atoms with E-state index in [1.165, 1.54) is 11.4 Å². The van der Waals surface area contributed by atoms with E-state index in [1.54, 1.807) is 0 Å². The average molecular weight is 411 g/mol. The van der Waals surface area contributed by atoms with E-state index in [1.807, 2.05) is 34.1 Å². The quantitative estimate of drug-likeness (QED) is 0.770. The van der Waals surface area contributed by atoms with Crippen molar-refractivity contribution in [3.63, 3.8) is 0 Å². The summed E-state index contributed by atoms with van der Waals surface area (Å²) < 4.78 is 7.49. The summed E-state index contributed by atoms with van der Waals surface area (Å²) in [6.45, 7) is 9.91. The van der Waals surface area contributed by atoms with Crippen LogP contribution in [-0.2, 0) is 9.53 Å². The Kier molecular flexibility index (Phi) is 6.20. The Morgan fingerprint density at radius 3 is 2.00 bits per heavy atom. The molecule has 2 amide bonds. The van der Waals surface area contributed by atoms with Crippen LogP contribution in [0.2, 0.25) is 0 Å². The number of hydrogen-bond acceptors (Lipinski definition) is 4. The molecule has 0 spiro atoms. The maximum Gasteiger partial charge on any atom is 0.253 e. The average Bonchev–Trinajstić information content (AvgIpc) is 3.12. The first-order chi connectivity index (χ1) is 14.5. The van der Waals surface area contributed by atoms with Gasteiger partial charge in [0.25, 0.3) is 5.91 Å². The molecule has 4 rings (SSSR count). The maximum absolute atomic E-state index is 12.9. The zero-order chi connectivity index (χ0) is 21.1. The Morgan fingerprint density at radius 1 is 0.800 bits per heavy atom. The summed E-state index contributed by atoms with van der Waals surface area (Å²) in [5.41, 5.74) is 4.13. The van der Waals surface area contributed by atoms with E-state index < -0.39 is 0 Å². The predicted octanol–water partition coefficient (Wildman–Crippen LogP) is 1.71. The first kappa shape index (κ1) is 20.6. The fraction of sp³-hybridized carbons (Fsp3) is 0.478. The predicted molar refractivity (Wildman–Crippen MR) is 115 cm³/mol. The molecule has 7 heteroatoms. The molecule has 0 atom stereocenters. The fourth-order valence-electron chi connectivity index (χ4n) is 4.22. The Bertz CT molecular complexity index is 872. The molecule has 0 bridgehead atoms. The Labute approximate surface area is 177 Å². The molecule has 1 aromatic carbocycles. The molecule has 2 aliphatic rings. The van der Waals surface area contributed by atoms with Gasteiger partial charge in [-0.2, -0.15) is 0 Å². The second kappa shape index (κ2) is 9.02. The van der Waals surface area contributed by atoms with Crippen LogP contribution in [0, 0.1) is 13.8 Å². The number of benzene rings is 1. The zero-order valence-electron chi connectivity index (χ0n) is 17.8. The van der Waals surface area contributed by atoms with Crippen molar-refractivity contribution in [2.75, 3.05) is 59.0 Å². The van der Waals surface area contributed by atoms with E-state index in [9.17, 15) is 9.59 Å². The lowest BCUT2D eigenvalue weighted by Crippen LogP contribution is -2.52. The third-order valence-electron chi connectivity index (χ3n) is 6.03. The Morgan fingerprint density at radius 2 is 1.40 bits per heavy atom. The van der Waals surface area contributed by atoms with Crippen molar-refractivity contribution >= 4 is 11.8 Å². The summed E-state index contributed by atoms with van der Waals surface area (Å²) in [5, 5.41) is 0. The third-order valence-corrected chi connectivity index (χ3v) is 6.03. The van der Waals surface area contributed by atoms with Gasteiger partial charge in [-0.25, -0.2) is 0 Å². The van der Waals surface area contributed by atoms with E-state index in [2.05, 4.69) is 35.4 Å². The molecule has 3 heterocycles. The van der Waals surface area contributed by atoms with E-state index >= 15 is 0 Å². The van der Waals surface area contributed by atoms with Crippen LogP contribution in [0.15, 0.2) is 36.4 Å². The first-order valence-electron chi connectivity index (χ1n) is 10.7. The molecule has 160 valence electrons. The van der Waals surface area contributed by atoms with Gasteiger partial charge >= 0.3 is 0 Å². The molecule has 1 aromatic heterocycles. The molecule has 0 radical (unpaired) electrons. The van der Waals surface area contributed by atoms with E-state index in [0.717, 1.165) is 18.8 Å². The molecule has 0 aliphatic carbocycles. The van der Waals surface area contributed by atoms with Crippen molar-refractivity contribution in [1.29, 1.82) is 0 Å². The highest BCUT2D eigenvalue weighted by atomic mass is 16.5. The number of nitrogens with zero attached hydrogens (tertiary/aromatic N) is 4. The molecular weight excluding hydrogens is 380 g/mol. The normalized spacial score (nSPS) is 17.9. The molecule has 30 heavy (non-hydrogen) atoms. The van der Waals surface area contributed by atoms with Gasteiger partial charge in [0.1, 0.15) is 0 Å². The number of ether oxygens (including phenoxy) is 1. The van der Waals surface area contributed by atoms with Gasteiger partial charge in [0.05, 0.1) is 19.8 Å². The number of piperazine rings is 1. The van der Waals surface area contributed by atoms with E-state index in [0.29, 0.717) is 51.5 Å². The lowest BCUT2D eigenvalue weighted by atomic mass is 10.1. The summed E-state index contributed by atoms with van der Waals surface area (Å²) in [7, 11) is 0. The van der Waals surface area contributed by atoms with Crippen LogP contribution in [0.1, 0.15) is 21.7 Å². The highest BCUT2D eigenvalue weighted by Crippen LogP contribution is 2.18. The van der Waals surface area contributed by atoms with Gasteiger partial charge in [-0.1, -0.05) is 0 Å². The number of aromatic nitrogens is 1. The van der Waals surface area contributed by atoms with Gasteiger partial charge in [0.2, 0.25) is 5.91 Å². The summed E-state index contributed by atoms with van der Waals surface area (Å²) >= 11 is 0. The molecule has 2 aliphatic heterocycles. The fourth-order valence-corrected chi connectivity index (χ4v) is 4.22. The van der Waals surface area contributed by atoms with Crippen molar-refractivity contribution in [2.24, 2.45) is 0 Å². The van der Waals surface area contributed by atoms with Crippen LogP contribution >= 0.6 is 0 Å². The molecule has 7 nitrogen and oxygen atoms in total. The SMILES string of the molecule is Cc1ccc(C)n1-c1ccc(C(=O)N2CCN(CC(=O)N3CCOCC3)CC2)cc1. The van der Waals surface area contributed by atoms with Crippen LogP contribution < -0.4 is 0 Å². The number of morpholine rings is 1. The van der Waals surface area contributed by atoms with Crippen molar-refractivity contribution in [1.82, 2.24) is 19.3 Å². The zero-order valence-corrected chi connectivity index (χ0v) is 17.8. The smallest absolute Gasteiger partial charge is 0.253 e. The van der Waals surface area contributed by atoms with Crippen molar-refractivity contribution in [3.8, 4) is 5.69 Å². The number of rotatable bonds is 4. The number of hydrogen-bond donors (Lipinski definition) is 0. The molecule has 0 saturated carbocycles. The van der Waals surface area contributed by atoms with Gasteiger partial charge in [0, 0.05) is 61.9 Å². The minimum absolute atomic E-state index is 0.0571. The lowest BCUT2D eigenvalue weighted by molar-refractivity contribution is -0.136. The van der Waals surface area contributed by atoms with Crippen LogP contribution in [0.5, 0.6) is 0 Å². The molecule has 2 saturated heterocycles. The minimum Gasteiger partial charge on any atom is -0.378 e. The van der Waals surface area contributed by atoms with Crippen LogP contribution in [-0.4, -0.2) is 90.1 Å². The number of carbonyl (C=O) groups excluding carboxylic acids is 2. The van der Waals surface area contributed by atoms with E-state index in [-0.39, 0.29) is 11.8 Å². The van der Waals surface area contributed by atoms with Crippen LogP contribution in [0.4, 0.5) is 0 Å². The molecular formula is C23H30N4O3. The monoisotopic (exact) mass is 410 g/mol. The Hall–Kier alpha value is -2.64. The highest BCUT2D eigenvalue weighted by Gasteiger charge is 2.25. The summed E-state index contributed by atoms with van der Waals surface area (Å²) in [4.78, 5) is 31.2. The standard InChI is InChI=1S/C23H30N4O3/c1-18-3-4-19(2)27(18)21-7-5-20(6-8-21)23(29)26-11-9-24(10-12-26)17-22(28)25-13-15-30-16-14-25/h3-8H,9-17H2,1-2H3. The van der Waals surface area contributed by atoms with Gasteiger partial charge in [0.15, 0.2) is 0 Å². The lowest BCUT2D eigenvalue weighted by Gasteiger charge is -2.36. The minimum atomic E-state index is 0.0571. The van der Waals surface area contributed by atoms with Crippen LogP contribution in [0.25, 0.3) is 5.69 Å². The summed E-state index contributed by atoms with van der Waals surface area (Å²) in [6.07, 6.45) is 0. The van der Waals surface area contributed by atoms with Crippen molar-refractivity contribution in [3.05, 3.63) is 53.3 Å². The van der Waals surface area contributed by atoms with E-state index in [4.69, 9.17) is 4.74 Å². The topological polar surface area (TPSA) is 58.0 Å². The van der Waals surface area contributed by atoms with Gasteiger partial charge < -0.3 is 19.1 Å². The second-order valence-electron chi connectivity index (χ2n) is 8.06. The summed E-state index contributed by atoms with van der Waals surface area (Å²) in [6, 6.07) is 12.0. The van der Waals surface area contributed by atoms with Crippen molar-refractivity contribution < 1.29 is 14.3 Å². The van der Waals surface area contributed by atoms with Gasteiger partial charge in [-0.15, -0.1) is 0 Å². The maximum atomic E-state index is 12.9. The molecule has 2 aromatic rings. The molecule has 0 unspecified atom stereocenters. The highest BCUT2D eigenvalue weighted by molar-refractivity contribution is 5.94. The number of carbonyl (C=O) groups is 2. The third kappa shape index (κ3) is 4.42. The molecule has 0 N–H and O–H groups in total. The second-order valence-corrected chi connectivity index (χ2v) is 8.06. The van der Waals surface area contributed by atoms with Crippen molar-refractivity contribution in [2.45, 2.75) is 13.8 Å². The van der Waals surface area contributed by atoms with Gasteiger partial charge in [-0.05, 0) is 50.2 Å². The Balaban J connectivity index is 1.31. The first-order valence-corrected chi connectivity index (χ1v) is 10.7. The molecule has 2 fully saturated rings. The van der Waals surface area contributed by atoms with Crippen LogP contribution in [0.3, 0.4) is 0 Å². The summed E-state index contributed by atoms with van der Waals surface area (Å²) in [5.74, 6) is 0.214. The van der Waals surface area contributed by atoms with Gasteiger partial charge in [-0.3, -0.25) is 14.5 Å².